The molecule has 0 saturated heterocycles. The first-order valence-electron chi connectivity index (χ1n) is 7.26. The summed E-state index contributed by atoms with van der Waals surface area (Å²) in [5.41, 5.74) is 1.21. The van der Waals surface area contributed by atoms with Crippen molar-refractivity contribution in [2.75, 3.05) is 5.32 Å². The van der Waals surface area contributed by atoms with Crippen molar-refractivity contribution in [1.29, 1.82) is 0 Å². The van der Waals surface area contributed by atoms with Gasteiger partial charge in [-0.15, -0.1) is 0 Å². The van der Waals surface area contributed by atoms with Crippen molar-refractivity contribution in [3.8, 4) is 0 Å². The van der Waals surface area contributed by atoms with Gasteiger partial charge in [0.2, 0.25) is 0 Å². The molecular formula is C16H23Br2N. The van der Waals surface area contributed by atoms with Gasteiger partial charge in [-0.3, -0.25) is 0 Å². The van der Waals surface area contributed by atoms with E-state index < -0.39 is 0 Å². The average Bonchev–Trinajstić information content (AvgIpc) is 2.33. The summed E-state index contributed by atoms with van der Waals surface area (Å²) in [6, 6.07) is 6.96. The maximum absolute atomic E-state index is 3.72. The summed E-state index contributed by atoms with van der Waals surface area (Å²) in [6.45, 7) is 4.67. The molecule has 1 fully saturated rings. The molecule has 1 N–H and O–H groups in total. The highest BCUT2D eigenvalue weighted by atomic mass is 79.9. The van der Waals surface area contributed by atoms with Crippen molar-refractivity contribution in [2.24, 2.45) is 11.8 Å². The second-order valence-corrected chi connectivity index (χ2v) is 7.90. The van der Waals surface area contributed by atoms with Crippen LogP contribution < -0.4 is 5.32 Å². The van der Waals surface area contributed by atoms with Gasteiger partial charge in [0, 0.05) is 20.7 Å². The number of benzene rings is 1. The Morgan fingerprint density at radius 3 is 2.79 bits per heavy atom. The molecule has 1 aromatic carbocycles. The first-order chi connectivity index (χ1) is 9.04. The Kier molecular flexibility index (Phi) is 5.76. The van der Waals surface area contributed by atoms with Crippen molar-refractivity contribution in [3.05, 3.63) is 27.1 Å². The molecule has 1 aliphatic carbocycles. The van der Waals surface area contributed by atoms with Gasteiger partial charge in [0.1, 0.15) is 0 Å². The fraction of sp³-hybridized carbons (Fsp3) is 0.625. The van der Waals surface area contributed by atoms with E-state index in [9.17, 15) is 0 Å². The number of hydrogen-bond donors (Lipinski definition) is 1. The summed E-state index contributed by atoms with van der Waals surface area (Å²) in [6.07, 6.45) is 6.76. The monoisotopic (exact) mass is 387 g/mol. The number of halogens is 2. The Balaban J connectivity index is 1.96. The Labute approximate surface area is 133 Å². The van der Waals surface area contributed by atoms with E-state index in [0.717, 1.165) is 20.8 Å². The summed E-state index contributed by atoms with van der Waals surface area (Å²) in [4.78, 5) is 0. The molecule has 1 aromatic rings. The molecule has 3 heteroatoms. The van der Waals surface area contributed by atoms with Crippen LogP contribution >= 0.6 is 31.9 Å². The predicted molar refractivity (Wildman–Crippen MR) is 90.7 cm³/mol. The van der Waals surface area contributed by atoms with Crippen molar-refractivity contribution in [1.82, 2.24) is 0 Å². The second kappa shape index (κ2) is 7.12. The molecule has 1 aliphatic rings. The van der Waals surface area contributed by atoms with Crippen LogP contribution in [0, 0.1) is 11.8 Å². The van der Waals surface area contributed by atoms with Gasteiger partial charge in [0.05, 0.1) is 0 Å². The molecule has 1 nitrogen and oxygen atoms in total. The van der Waals surface area contributed by atoms with E-state index in [1.165, 1.54) is 37.8 Å². The summed E-state index contributed by atoms with van der Waals surface area (Å²) in [5.74, 6) is 1.72. The second-order valence-electron chi connectivity index (χ2n) is 6.13. The molecule has 0 spiro atoms. The van der Waals surface area contributed by atoms with Crippen molar-refractivity contribution in [2.45, 2.75) is 52.0 Å². The standard InChI is InChI=1S/C16H23Br2N/c1-11(2)8-12-4-3-5-14(9-12)19-16-10-13(17)6-7-15(16)18/h6-7,10-12,14,19H,3-5,8-9H2,1-2H3. The van der Waals surface area contributed by atoms with Crippen LogP contribution in [0.15, 0.2) is 27.1 Å². The quantitative estimate of drug-likeness (QED) is 0.644. The number of anilines is 1. The van der Waals surface area contributed by atoms with Crippen LogP contribution in [0.2, 0.25) is 0 Å². The topological polar surface area (TPSA) is 12.0 Å². The molecule has 0 amide bonds. The number of hydrogen-bond acceptors (Lipinski definition) is 1. The first-order valence-corrected chi connectivity index (χ1v) is 8.84. The molecule has 0 aliphatic heterocycles. The third kappa shape index (κ3) is 4.78. The molecule has 2 atom stereocenters. The highest BCUT2D eigenvalue weighted by Gasteiger charge is 2.22. The Morgan fingerprint density at radius 1 is 1.26 bits per heavy atom. The lowest BCUT2D eigenvalue weighted by Gasteiger charge is -2.31. The smallest absolute Gasteiger partial charge is 0.0498 e. The van der Waals surface area contributed by atoms with E-state index in [2.05, 4.69) is 69.2 Å². The van der Waals surface area contributed by atoms with Crippen molar-refractivity contribution >= 4 is 37.5 Å². The lowest BCUT2D eigenvalue weighted by Crippen LogP contribution is -2.28. The number of rotatable bonds is 4. The van der Waals surface area contributed by atoms with E-state index in [4.69, 9.17) is 0 Å². The largest absolute Gasteiger partial charge is 0.381 e. The minimum absolute atomic E-state index is 0.628. The summed E-state index contributed by atoms with van der Waals surface area (Å²) in [5, 5.41) is 3.72. The van der Waals surface area contributed by atoms with Gasteiger partial charge < -0.3 is 5.32 Å². The van der Waals surface area contributed by atoms with E-state index in [-0.39, 0.29) is 0 Å². The van der Waals surface area contributed by atoms with E-state index in [0.29, 0.717) is 6.04 Å². The van der Waals surface area contributed by atoms with Crippen LogP contribution in [-0.2, 0) is 0 Å². The highest BCUT2D eigenvalue weighted by Crippen LogP contribution is 2.33. The molecule has 2 rings (SSSR count). The van der Waals surface area contributed by atoms with Gasteiger partial charge in [-0.05, 0) is 65.2 Å². The van der Waals surface area contributed by atoms with Crippen LogP contribution in [0.1, 0.15) is 46.0 Å². The van der Waals surface area contributed by atoms with E-state index in [1.807, 2.05) is 0 Å². The molecule has 0 heterocycles. The number of nitrogens with one attached hydrogen (secondary N) is 1. The molecule has 19 heavy (non-hydrogen) atoms. The fourth-order valence-electron chi connectivity index (χ4n) is 3.13. The zero-order chi connectivity index (χ0) is 13.8. The van der Waals surface area contributed by atoms with Crippen molar-refractivity contribution in [3.63, 3.8) is 0 Å². The average molecular weight is 389 g/mol. The fourth-order valence-corrected chi connectivity index (χ4v) is 3.85. The van der Waals surface area contributed by atoms with E-state index >= 15 is 0 Å². The van der Waals surface area contributed by atoms with E-state index in [1.54, 1.807) is 0 Å². The molecule has 2 unspecified atom stereocenters. The summed E-state index contributed by atoms with van der Waals surface area (Å²) in [7, 11) is 0. The van der Waals surface area contributed by atoms with Crippen LogP contribution in [0.3, 0.4) is 0 Å². The highest BCUT2D eigenvalue weighted by molar-refractivity contribution is 9.11. The normalized spacial score (nSPS) is 23.6. The lowest BCUT2D eigenvalue weighted by molar-refractivity contribution is 0.289. The zero-order valence-electron chi connectivity index (χ0n) is 11.8. The third-order valence-corrected chi connectivity index (χ3v) is 5.06. The van der Waals surface area contributed by atoms with Gasteiger partial charge in [-0.2, -0.15) is 0 Å². The Hall–Kier alpha value is -0.0200. The van der Waals surface area contributed by atoms with Crippen molar-refractivity contribution < 1.29 is 0 Å². The molecule has 1 saturated carbocycles. The van der Waals surface area contributed by atoms with Gasteiger partial charge >= 0.3 is 0 Å². The van der Waals surface area contributed by atoms with Crippen LogP contribution in [-0.4, -0.2) is 6.04 Å². The van der Waals surface area contributed by atoms with Crippen LogP contribution in [0.5, 0.6) is 0 Å². The molecule has 106 valence electrons. The molecule has 0 aromatic heterocycles. The predicted octanol–water partition coefficient (Wildman–Crippen LogP) is 6.23. The third-order valence-electron chi connectivity index (χ3n) is 3.88. The Bertz CT molecular complexity index is 417. The molecule has 0 radical (unpaired) electrons. The minimum Gasteiger partial charge on any atom is -0.381 e. The maximum atomic E-state index is 3.72. The summed E-state index contributed by atoms with van der Waals surface area (Å²) >= 11 is 7.17. The summed E-state index contributed by atoms with van der Waals surface area (Å²) < 4.78 is 2.29. The van der Waals surface area contributed by atoms with Gasteiger partial charge in [0.15, 0.2) is 0 Å². The van der Waals surface area contributed by atoms with Crippen LogP contribution in [0.25, 0.3) is 0 Å². The lowest BCUT2D eigenvalue weighted by atomic mass is 9.81. The molecular weight excluding hydrogens is 366 g/mol. The van der Waals surface area contributed by atoms with Crippen LogP contribution in [0.4, 0.5) is 5.69 Å². The maximum Gasteiger partial charge on any atom is 0.0498 e. The SMILES string of the molecule is CC(C)CC1CCCC(Nc2cc(Br)ccc2Br)C1. The minimum atomic E-state index is 0.628. The molecule has 0 bridgehead atoms. The Morgan fingerprint density at radius 2 is 2.05 bits per heavy atom. The van der Waals surface area contributed by atoms with Gasteiger partial charge in [-0.1, -0.05) is 42.6 Å². The zero-order valence-corrected chi connectivity index (χ0v) is 14.9. The van der Waals surface area contributed by atoms with Gasteiger partial charge in [-0.25, -0.2) is 0 Å². The first kappa shape index (κ1) is 15.4. The van der Waals surface area contributed by atoms with Gasteiger partial charge in [0.25, 0.3) is 0 Å².